The van der Waals surface area contributed by atoms with Gasteiger partial charge in [-0.05, 0) is 45.4 Å². The first-order chi connectivity index (χ1) is 11.5. The molecule has 1 saturated carbocycles. The third-order valence-electron chi connectivity index (χ3n) is 5.97. The fraction of sp³-hybridized carbons (Fsp3) is 0.667. The molecule has 24 heavy (non-hydrogen) atoms. The molecule has 1 saturated heterocycles. The normalized spacial score (nSPS) is 30.7. The number of aryl methyl sites for hydroxylation is 3. The van der Waals surface area contributed by atoms with Crippen molar-refractivity contribution in [2.24, 2.45) is 11.8 Å². The van der Waals surface area contributed by atoms with E-state index >= 15 is 0 Å². The Morgan fingerprint density at radius 1 is 1.21 bits per heavy atom. The maximum atomic E-state index is 10.7. The number of aliphatic hydroxyl groups is 1. The van der Waals surface area contributed by atoms with Gasteiger partial charge < -0.3 is 14.2 Å². The van der Waals surface area contributed by atoms with Crippen LogP contribution < -0.4 is 0 Å². The summed E-state index contributed by atoms with van der Waals surface area (Å²) in [6.07, 6.45) is 5.46. The minimum atomic E-state index is -0.279. The van der Waals surface area contributed by atoms with Gasteiger partial charge in [0.05, 0.1) is 17.8 Å². The van der Waals surface area contributed by atoms with Crippen LogP contribution in [0.4, 0.5) is 0 Å². The molecule has 0 radical (unpaired) electrons. The van der Waals surface area contributed by atoms with Crippen molar-refractivity contribution in [3.8, 4) is 0 Å². The third kappa shape index (κ3) is 2.67. The Balaban J connectivity index is 1.47. The second-order valence-electron chi connectivity index (χ2n) is 7.50. The minimum absolute atomic E-state index is 0.160. The van der Waals surface area contributed by atoms with Crippen molar-refractivity contribution < 1.29 is 9.63 Å². The topological polar surface area (TPSA) is 67.3 Å². The largest absolute Gasteiger partial charge is 0.391 e. The molecule has 2 aromatic rings. The van der Waals surface area contributed by atoms with Gasteiger partial charge in [0.1, 0.15) is 11.6 Å². The van der Waals surface area contributed by atoms with Crippen LogP contribution in [-0.2, 0) is 6.54 Å². The van der Waals surface area contributed by atoms with Crippen LogP contribution in [0.15, 0.2) is 16.9 Å². The first kappa shape index (κ1) is 15.8. The van der Waals surface area contributed by atoms with Gasteiger partial charge in [0.25, 0.3) is 0 Å². The zero-order valence-corrected chi connectivity index (χ0v) is 14.6. The average Bonchev–Trinajstić information content (AvgIpc) is 3.21. The van der Waals surface area contributed by atoms with E-state index < -0.39 is 0 Å². The van der Waals surface area contributed by atoms with Gasteiger partial charge in [-0.1, -0.05) is 5.16 Å². The fourth-order valence-corrected chi connectivity index (χ4v) is 4.62. The van der Waals surface area contributed by atoms with Crippen molar-refractivity contribution in [1.29, 1.82) is 0 Å². The number of aliphatic hydroxyl groups excluding tert-OH is 1. The predicted octanol–water partition coefficient (Wildman–Crippen LogP) is 2.24. The van der Waals surface area contributed by atoms with E-state index in [4.69, 9.17) is 4.52 Å². The Hall–Kier alpha value is -1.66. The lowest BCUT2D eigenvalue weighted by atomic mass is 9.77. The van der Waals surface area contributed by atoms with Gasteiger partial charge in [-0.2, -0.15) is 0 Å². The molecular formula is C18H26N4O2. The summed E-state index contributed by atoms with van der Waals surface area (Å²) < 4.78 is 7.44. The summed E-state index contributed by atoms with van der Waals surface area (Å²) in [5.41, 5.74) is 2.21. The molecule has 1 aliphatic carbocycles. The molecule has 0 unspecified atom stereocenters. The third-order valence-corrected chi connectivity index (χ3v) is 5.97. The van der Waals surface area contributed by atoms with Gasteiger partial charge in [-0.25, -0.2) is 4.98 Å². The maximum Gasteiger partial charge on any atom is 0.138 e. The molecule has 1 aliphatic heterocycles. The number of hydrogen-bond acceptors (Lipinski definition) is 5. The molecule has 0 spiro atoms. The molecule has 2 aromatic heterocycles. The highest BCUT2D eigenvalue weighted by Crippen LogP contribution is 2.42. The average molecular weight is 330 g/mol. The highest BCUT2D eigenvalue weighted by Gasteiger charge is 2.42. The quantitative estimate of drug-likeness (QED) is 0.935. The summed E-state index contributed by atoms with van der Waals surface area (Å²) in [7, 11) is 0. The zero-order chi connectivity index (χ0) is 16.8. The van der Waals surface area contributed by atoms with E-state index in [-0.39, 0.29) is 12.1 Å². The summed E-state index contributed by atoms with van der Waals surface area (Å²) in [5.74, 6) is 3.14. The number of imidazole rings is 1. The van der Waals surface area contributed by atoms with E-state index in [0.29, 0.717) is 11.8 Å². The molecule has 2 fully saturated rings. The van der Waals surface area contributed by atoms with Crippen LogP contribution in [0.3, 0.4) is 0 Å². The van der Waals surface area contributed by atoms with Gasteiger partial charge in [-0.15, -0.1) is 0 Å². The molecule has 0 bridgehead atoms. The molecule has 130 valence electrons. The van der Waals surface area contributed by atoms with Crippen LogP contribution in [0.1, 0.15) is 41.7 Å². The molecule has 0 amide bonds. The van der Waals surface area contributed by atoms with Crippen molar-refractivity contribution in [1.82, 2.24) is 19.6 Å². The molecular weight excluding hydrogens is 304 g/mol. The second-order valence-corrected chi connectivity index (χ2v) is 7.50. The Labute approximate surface area is 142 Å². The van der Waals surface area contributed by atoms with E-state index in [1.807, 2.05) is 33.2 Å². The smallest absolute Gasteiger partial charge is 0.138 e. The van der Waals surface area contributed by atoms with Crippen LogP contribution in [0.5, 0.6) is 0 Å². The van der Waals surface area contributed by atoms with Crippen LogP contribution in [0, 0.1) is 32.6 Å². The molecule has 4 rings (SSSR count). The lowest BCUT2D eigenvalue weighted by Gasteiger charge is -2.36. The first-order valence-corrected chi connectivity index (χ1v) is 8.84. The number of fused-ring (bicyclic) bond motifs is 1. The van der Waals surface area contributed by atoms with Crippen molar-refractivity contribution in [3.63, 3.8) is 0 Å². The van der Waals surface area contributed by atoms with E-state index in [1.165, 1.54) is 5.56 Å². The lowest BCUT2D eigenvalue weighted by molar-refractivity contribution is 0.0349. The van der Waals surface area contributed by atoms with Crippen molar-refractivity contribution in [2.45, 2.75) is 52.3 Å². The van der Waals surface area contributed by atoms with E-state index in [9.17, 15) is 5.11 Å². The van der Waals surface area contributed by atoms with Gasteiger partial charge in [0.15, 0.2) is 0 Å². The summed E-state index contributed by atoms with van der Waals surface area (Å²) >= 11 is 0. The summed E-state index contributed by atoms with van der Waals surface area (Å²) in [6, 6.07) is 0.160. The van der Waals surface area contributed by atoms with E-state index in [2.05, 4.69) is 19.6 Å². The van der Waals surface area contributed by atoms with E-state index in [0.717, 1.165) is 49.8 Å². The van der Waals surface area contributed by atoms with Crippen LogP contribution in [0.2, 0.25) is 0 Å². The van der Waals surface area contributed by atoms with Crippen molar-refractivity contribution >= 4 is 0 Å². The van der Waals surface area contributed by atoms with Crippen LogP contribution in [0.25, 0.3) is 0 Å². The van der Waals surface area contributed by atoms with E-state index in [1.54, 1.807) is 0 Å². The van der Waals surface area contributed by atoms with Crippen LogP contribution >= 0.6 is 0 Å². The predicted molar refractivity (Wildman–Crippen MR) is 89.5 cm³/mol. The zero-order valence-electron chi connectivity index (χ0n) is 14.6. The summed E-state index contributed by atoms with van der Waals surface area (Å²) in [4.78, 5) is 6.82. The Bertz CT molecular complexity index is 703. The molecule has 4 atom stereocenters. The lowest BCUT2D eigenvalue weighted by Crippen LogP contribution is -2.36. The monoisotopic (exact) mass is 330 g/mol. The minimum Gasteiger partial charge on any atom is -0.391 e. The number of aromatic nitrogens is 3. The SMILES string of the molecule is Cc1noc(C)c1CN1C[C@H]2C[C@H](O)[C@@H](n3ccnc3C)C[C@H]2C1. The summed E-state index contributed by atoms with van der Waals surface area (Å²) in [6.45, 7) is 9.06. The molecule has 0 aromatic carbocycles. The molecule has 6 nitrogen and oxygen atoms in total. The Kier molecular flexibility index (Phi) is 3.96. The highest BCUT2D eigenvalue weighted by atomic mass is 16.5. The second kappa shape index (κ2) is 6.01. The Morgan fingerprint density at radius 2 is 1.96 bits per heavy atom. The molecule has 1 N–H and O–H groups in total. The summed E-state index contributed by atoms with van der Waals surface area (Å²) in [5, 5.41) is 14.7. The van der Waals surface area contributed by atoms with Crippen molar-refractivity contribution in [2.75, 3.05) is 13.1 Å². The number of rotatable bonds is 3. The van der Waals surface area contributed by atoms with Gasteiger partial charge in [0.2, 0.25) is 0 Å². The molecule has 6 heteroatoms. The van der Waals surface area contributed by atoms with Gasteiger partial charge >= 0.3 is 0 Å². The first-order valence-electron chi connectivity index (χ1n) is 8.84. The van der Waals surface area contributed by atoms with Gasteiger partial charge in [-0.3, -0.25) is 4.90 Å². The Morgan fingerprint density at radius 3 is 2.58 bits per heavy atom. The van der Waals surface area contributed by atoms with Crippen LogP contribution in [-0.4, -0.2) is 43.9 Å². The molecule has 2 aliphatic rings. The van der Waals surface area contributed by atoms with Crippen molar-refractivity contribution in [3.05, 3.63) is 35.2 Å². The maximum absolute atomic E-state index is 10.7. The van der Waals surface area contributed by atoms with Gasteiger partial charge in [0, 0.05) is 37.6 Å². The standard InChI is InChI=1S/C18H26N4O2/c1-11-16(12(2)24-20-11)10-21-8-14-6-17(18(23)7-15(14)9-21)22-5-4-19-13(22)3/h4-5,14-15,17-18,23H,6-10H2,1-3H3/t14-,15+,17-,18-/m0/s1. The number of hydrogen-bond donors (Lipinski definition) is 1. The molecule has 3 heterocycles. The fourth-order valence-electron chi connectivity index (χ4n) is 4.62. The highest BCUT2D eigenvalue weighted by molar-refractivity contribution is 5.20. The number of nitrogens with zero attached hydrogens (tertiary/aromatic N) is 4. The number of likely N-dealkylation sites (tertiary alicyclic amines) is 1.